The Bertz CT molecular complexity index is 1540. The largest absolute Gasteiger partial charge is 0.381 e. The number of anilines is 2. The van der Waals surface area contributed by atoms with Gasteiger partial charge in [-0.15, -0.1) is 0 Å². The van der Waals surface area contributed by atoms with Crippen molar-refractivity contribution in [1.82, 2.24) is 9.88 Å². The second-order valence-corrected chi connectivity index (χ2v) is 12.5. The number of nitrogens with one attached hydrogen (secondary N) is 1. The predicted octanol–water partition coefficient (Wildman–Crippen LogP) is 5.72. The van der Waals surface area contributed by atoms with Gasteiger partial charge in [0.25, 0.3) is 0 Å². The standard InChI is InChI=1S/C36H40N4O3/c1-26-24-27(8-4-5-16-36(25-26)30-10-6-20-37-32(30)38-33(36)41)9-7-21-40-31(28-11-13-29(14-12-28)39(2)3)15-17-35(34(40)42)18-22-43-23-19-35/h4,6,8,10-14,20,24,31H,1,5,15-19,21-23,25H2,2-3H3,(H,37,38,41)/b8-4-,27-24+/t31-,36+/m0/s1. The monoisotopic (exact) mass is 576 g/mol. The zero-order chi connectivity index (χ0) is 30.0. The van der Waals surface area contributed by atoms with Crippen molar-refractivity contribution < 1.29 is 14.3 Å². The maximum absolute atomic E-state index is 14.1. The number of piperidine rings is 1. The van der Waals surface area contributed by atoms with Crippen LogP contribution in [-0.2, 0) is 19.7 Å². The summed E-state index contributed by atoms with van der Waals surface area (Å²) < 4.78 is 5.64. The average Bonchev–Trinajstić information content (AvgIpc) is 3.32. The molecule has 1 aromatic carbocycles. The molecule has 6 rings (SSSR count). The quantitative estimate of drug-likeness (QED) is 0.473. The summed E-state index contributed by atoms with van der Waals surface area (Å²) in [5, 5.41) is 2.97. The molecule has 2 saturated heterocycles. The van der Waals surface area contributed by atoms with Gasteiger partial charge < -0.3 is 19.9 Å². The molecule has 222 valence electrons. The van der Waals surface area contributed by atoms with E-state index < -0.39 is 5.41 Å². The van der Waals surface area contributed by atoms with E-state index in [0.29, 0.717) is 38.4 Å². The molecule has 1 N–H and O–H groups in total. The Morgan fingerprint density at radius 2 is 1.91 bits per heavy atom. The summed E-state index contributed by atoms with van der Waals surface area (Å²) in [6.45, 7) is 5.93. The molecule has 4 aliphatic rings. The number of hydrogen-bond acceptors (Lipinski definition) is 5. The number of benzene rings is 1. The summed E-state index contributed by atoms with van der Waals surface area (Å²) in [6, 6.07) is 12.4. The van der Waals surface area contributed by atoms with Crippen LogP contribution in [0.4, 0.5) is 11.5 Å². The summed E-state index contributed by atoms with van der Waals surface area (Å²) in [5.74, 6) is 7.51. The van der Waals surface area contributed by atoms with Crippen LogP contribution in [0.15, 0.2) is 78.5 Å². The molecule has 2 amide bonds. The van der Waals surface area contributed by atoms with Gasteiger partial charge in [-0.05, 0) is 74.8 Å². The number of amides is 2. The Hall–Kier alpha value is -4.15. The zero-order valence-corrected chi connectivity index (χ0v) is 25.2. The van der Waals surface area contributed by atoms with Gasteiger partial charge in [-0.3, -0.25) is 9.59 Å². The first-order chi connectivity index (χ1) is 20.8. The lowest BCUT2D eigenvalue weighted by Crippen LogP contribution is -2.52. The van der Waals surface area contributed by atoms with Crippen LogP contribution in [-0.4, -0.2) is 55.6 Å². The van der Waals surface area contributed by atoms with Gasteiger partial charge in [0.05, 0.1) is 23.4 Å². The number of likely N-dealkylation sites (tertiary alicyclic amines) is 1. The van der Waals surface area contributed by atoms with Crippen LogP contribution < -0.4 is 10.2 Å². The molecule has 7 nitrogen and oxygen atoms in total. The van der Waals surface area contributed by atoms with E-state index in [2.05, 4.69) is 64.0 Å². The molecule has 1 aromatic heterocycles. The van der Waals surface area contributed by atoms with Crippen molar-refractivity contribution in [2.45, 2.75) is 56.4 Å². The van der Waals surface area contributed by atoms with Gasteiger partial charge in [0.2, 0.25) is 11.8 Å². The molecule has 0 unspecified atom stereocenters. The maximum atomic E-state index is 14.1. The van der Waals surface area contributed by atoms with E-state index in [1.54, 1.807) is 6.20 Å². The summed E-state index contributed by atoms with van der Waals surface area (Å²) in [5.41, 5.74) is 3.86. The number of ether oxygens (including phenoxy) is 1. The van der Waals surface area contributed by atoms with Crippen molar-refractivity contribution in [1.29, 1.82) is 0 Å². The fourth-order valence-corrected chi connectivity index (χ4v) is 7.18. The fraction of sp³-hybridized carbons (Fsp3) is 0.417. The Balaban J connectivity index is 1.25. The van der Waals surface area contributed by atoms with Crippen LogP contribution in [0.3, 0.4) is 0 Å². The van der Waals surface area contributed by atoms with Crippen molar-refractivity contribution in [3.63, 3.8) is 0 Å². The lowest BCUT2D eigenvalue weighted by molar-refractivity contribution is -0.156. The first-order valence-electron chi connectivity index (χ1n) is 15.3. The van der Waals surface area contributed by atoms with Crippen LogP contribution in [0.2, 0.25) is 0 Å². The molecule has 0 radical (unpaired) electrons. The molecule has 0 saturated carbocycles. The SMILES string of the molecule is C=C1/C=C(C#CCN2C(=O)C3(CCOCC3)CC[C@H]2c2ccc(N(C)C)cc2)\C=C/CC[C@]2(C1)C(=O)Nc1ncccc12. The Morgan fingerprint density at radius 3 is 2.67 bits per heavy atom. The third-order valence-corrected chi connectivity index (χ3v) is 9.63. The molecule has 2 fully saturated rings. The second-order valence-electron chi connectivity index (χ2n) is 12.5. The van der Waals surface area contributed by atoms with E-state index in [9.17, 15) is 9.59 Å². The first-order valence-corrected chi connectivity index (χ1v) is 15.3. The second kappa shape index (κ2) is 11.9. The van der Waals surface area contributed by atoms with Crippen LogP contribution in [0.1, 0.15) is 62.1 Å². The normalized spacial score (nSPS) is 26.7. The van der Waals surface area contributed by atoms with Gasteiger partial charge in [0, 0.05) is 50.3 Å². The Labute approximate surface area is 254 Å². The highest BCUT2D eigenvalue weighted by Crippen LogP contribution is 2.47. The van der Waals surface area contributed by atoms with E-state index in [1.165, 1.54) is 0 Å². The first kappa shape index (κ1) is 28.9. The number of carbonyl (C=O) groups excluding carboxylic acids is 2. The molecular weight excluding hydrogens is 536 g/mol. The number of rotatable bonds is 3. The highest BCUT2D eigenvalue weighted by molar-refractivity contribution is 6.05. The summed E-state index contributed by atoms with van der Waals surface area (Å²) >= 11 is 0. The minimum absolute atomic E-state index is 0.0130. The number of nitrogens with zero attached hydrogens (tertiary/aromatic N) is 3. The van der Waals surface area contributed by atoms with Crippen LogP contribution in [0.5, 0.6) is 0 Å². The summed E-state index contributed by atoms with van der Waals surface area (Å²) in [4.78, 5) is 35.8. The fourth-order valence-electron chi connectivity index (χ4n) is 7.18. The van der Waals surface area contributed by atoms with Crippen LogP contribution in [0.25, 0.3) is 0 Å². The van der Waals surface area contributed by atoms with Crippen molar-refractivity contribution >= 4 is 23.3 Å². The van der Waals surface area contributed by atoms with Gasteiger partial charge >= 0.3 is 0 Å². The van der Waals surface area contributed by atoms with Crippen molar-refractivity contribution in [3.8, 4) is 11.8 Å². The molecule has 1 aliphatic carbocycles. The van der Waals surface area contributed by atoms with Crippen molar-refractivity contribution in [2.75, 3.05) is 44.1 Å². The average molecular weight is 577 g/mol. The third kappa shape index (κ3) is 5.52. The highest BCUT2D eigenvalue weighted by atomic mass is 16.5. The highest BCUT2D eigenvalue weighted by Gasteiger charge is 2.48. The lowest BCUT2D eigenvalue weighted by Gasteiger charge is -2.47. The number of fused-ring (bicyclic) bond motifs is 2. The van der Waals surface area contributed by atoms with E-state index in [1.807, 2.05) is 43.3 Å². The molecule has 7 heteroatoms. The van der Waals surface area contributed by atoms with Crippen LogP contribution in [0, 0.1) is 17.3 Å². The van der Waals surface area contributed by atoms with Gasteiger partial charge in [0.15, 0.2) is 0 Å². The number of allylic oxidation sites excluding steroid dienone is 5. The molecule has 2 spiro atoms. The van der Waals surface area contributed by atoms with Gasteiger partial charge in [0.1, 0.15) is 5.82 Å². The van der Waals surface area contributed by atoms with Gasteiger partial charge in [-0.1, -0.05) is 54.3 Å². The molecule has 2 aromatic rings. The zero-order valence-electron chi connectivity index (χ0n) is 25.2. The Kier molecular flexibility index (Phi) is 7.98. The van der Waals surface area contributed by atoms with Gasteiger partial charge in [-0.2, -0.15) is 0 Å². The van der Waals surface area contributed by atoms with E-state index >= 15 is 0 Å². The summed E-state index contributed by atoms with van der Waals surface area (Å²) in [6.07, 6.45) is 13.0. The molecule has 4 heterocycles. The summed E-state index contributed by atoms with van der Waals surface area (Å²) in [7, 11) is 4.06. The molecular formula is C36H40N4O3. The van der Waals surface area contributed by atoms with E-state index in [4.69, 9.17) is 4.74 Å². The smallest absolute Gasteiger partial charge is 0.236 e. The molecule has 3 aliphatic heterocycles. The van der Waals surface area contributed by atoms with E-state index in [0.717, 1.165) is 60.1 Å². The lowest BCUT2D eigenvalue weighted by atomic mass is 9.70. The van der Waals surface area contributed by atoms with Gasteiger partial charge in [-0.25, -0.2) is 4.98 Å². The topological polar surface area (TPSA) is 74.8 Å². The van der Waals surface area contributed by atoms with Crippen LogP contribution >= 0.6 is 0 Å². The third-order valence-electron chi connectivity index (χ3n) is 9.63. The molecule has 2 atom stereocenters. The number of pyridine rings is 1. The Morgan fingerprint density at radius 1 is 1.12 bits per heavy atom. The number of hydrogen-bond donors (Lipinski definition) is 1. The number of aromatic nitrogens is 1. The minimum atomic E-state index is -0.683. The molecule has 43 heavy (non-hydrogen) atoms. The van der Waals surface area contributed by atoms with Crippen molar-refractivity contribution in [3.05, 3.63) is 89.7 Å². The predicted molar refractivity (Wildman–Crippen MR) is 169 cm³/mol. The maximum Gasteiger partial charge on any atom is 0.236 e. The minimum Gasteiger partial charge on any atom is -0.381 e. The van der Waals surface area contributed by atoms with E-state index in [-0.39, 0.29) is 23.3 Å². The van der Waals surface area contributed by atoms with Crippen molar-refractivity contribution in [2.24, 2.45) is 5.41 Å². The number of carbonyl (C=O) groups is 2. The molecule has 0 bridgehead atoms.